The predicted octanol–water partition coefficient (Wildman–Crippen LogP) is 3.52. The monoisotopic (exact) mass is 285 g/mol. The van der Waals surface area contributed by atoms with Gasteiger partial charge in [0.2, 0.25) is 0 Å². The molecule has 0 spiro atoms. The van der Waals surface area contributed by atoms with Crippen molar-refractivity contribution < 1.29 is 9.47 Å². The summed E-state index contributed by atoms with van der Waals surface area (Å²) in [5.74, 6) is 0.931. The van der Waals surface area contributed by atoms with E-state index in [9.17, 15) is 0 Å². The number of nitrogens with one attached hydrogen (secondary N) is 1. The van der Waals surface area contributed by atoms with Gasteiger partial charge in [0.25, 0.3) is 0 Å². The molecule has 0 aliphatic rings. The van der Waals surface area contributed by atoms with Gasteiger partial charge in [-0.15, -0.1) is 0 Å². The number of methoxy groups -OCH3 is 1. The fourth-order valence-electron chi connectivity index (χ4n) is 2.18. The smallest absolute Gasteiger partial charge is 0.119 e. The SMILES string of the molecule is CCOc1cccc(CNCc2ccc(COC)cc2)c1. The molecule has 0 radical (unpaired) electrons. The van der Waals surface area contributed by atoms with Crippen LogP contribution in [-0.2, 0) is 24.4 Å². The summed E-state index contributed by atoms with van der Waals surface area (Å²) in [6.45, 7) is 5.05. The molecule has 1 N–H and O–H groups in total. The standard InChI is InChI=1S/C18H23NO2/c1-3-21-18-6-4-5-17(11-18)13-19-12-15-7-9-16(10-8-15)14-20-2/h4-11,19H,3,12-14H2,1-2H3. The van der Waals surface area contributed by atoms with Gasteiger partial charge in [-0.2, -0.15) is 0 Å². The molecule has 0 aromatic heterocycles. The van der Waals surface area contributed by atoms with Crippen molar-refractivity contribution in [3.8, 4) is 5.75 Å². The Morgan fingerprint density at radius 3 is 2.33 bits per heavy atom. The number of benzene rings is 2. The summed E-state index contributed by atoms with van der Waals surface area (Å²) >= 11 is 0. The van der Waals surface area contributed by atoms with Crippen molar-refractivity contribution in [3.63, 3.8) is 0 Å². The van der Waals surface area contributed by atoms with Crippen LogP contribution in [-0.4, -0.2) is 13.7 Å². The first-order valence-corrected chi connectivity index (χ1v) is 7.31. The van der Waals surface area contributed by atoms with E-state index < -0.39 is 0 Å². The lowest BCUT2D eigenvalue weighted by atomic mass is 10.1. The van der Waals surface area contributed by atoms with Crippen molar-refractivity contribution in [1.29, 1.82) is 0 Å². The summed E-state index contributed by atoms with van der Waals surface area (Å²) in [5, 5.41) is 3.45. The summed E-state index contributed by atoms with van der Waals surface area (Å²) < 4.78 is 10.6. The van der Waals surface area contributed by atoms with Crippen LogP contribution < -0.4 is 10.1 Å². The minimum absolute atomic E-state index is 0.665. The van der Waals surface area contributed by atoms with Gasteiger partial charge >= 0.3 is 0 Å². The van der Waals surface area contributed by atoms with Crippen LogP contribution in [0.4, 0.5) is 0 Å². The van der Waals surface area contributed by atoms with E-state index in [4.69, 9.17) is 9.47 Å². The molecule has 0 aliphatic heterocycles. The Kier molecular flexibility index (Phi) is 6.25. The second-order valence-electron chi connectivity index (χ2n) is 4.93. The summed E-state index contributed by atoms with van der Waals surface area (Å²) in [6.07, 6.45) is 0. The lowest BCUT2D eigenvalue weighted by molar-refractivity contribution is 0.185. The maximum Gasteiger partial charge on any atom is 0.119 e. The van der Waals surface area contributed by atoms with Crippen LogP contribution >= 0.6 is 0 Å². The molecule has 2 rings (SSSR count). The molecular weight excluding hydrogens is 262 g/mol. The highest BCUT2D eigenvalue weighted by atomic mass is 16.5. The average molecular weight is 285 g/mol. The molecule has 0 heterocycles. The lowest BCUT2D eigenvalue weighted by Gasteiger charge is -2.08. The molecule has 3 nitrogen and oxygen atoms in total. The van der Waals surface area contributed by atoms with Crippen molar-refractivity contribution in [3.05, 3.63) is 65.2 Å². The van der Waals surface area contributed by atoms with Gasteiger partial charge in [-0.05, 0) is 35.7 Å². The Morgan fingerprint density at radius 1 is 0.905 bits per heavy atom. The number of rotatable bonds is 8. The van der Waals surface area contributed by atoms with Crippen LogP contribution in [0.2, 0.25) is 0 Å². The fourth-order valence-corrected chi connectivity index (χ4v) is 2.18. The van der Waals surface area contributed by atoms with Crippen molar-refractivity contribution in [2.45, 2.75) is 26.6 Å². The van der Waals surface area contributed by atoms with Gasteiger partial charge in [0.05, 0.1) is 13.2 Å². The van der Waals surface area contributed by atoms with Crippen molar-refractivity contribution in [2.75, 3.05) is 13.7 Å². The Balaban J connectivity index is 1.82. The Bertz CT molecular complexity index is 537. The minimum atomic E-state index is 0.665. The maximum atomic E-state index is 5.51. The topological polar surface area (TPSA) is 30.5 Å². The molecule has 0 fully saturated rings. The second-order valence-corrected chi connectivity index (χ2v) is 4.93. The quantitative estimate of drug-likeness (QED) is 0.805. The van der Waals surface area contributed by atoms with Gasteiger partial charge in [-0.3, -0.25) is 0 Å². The first-order chi connectivity index (χ1) is 10.3. The first kappa shape index (κ1) is 15.5. The molecule has 2 aromatic carbocycles. The fraction of sp³-hybridized carbons (Fsp3) is 0.333. The number of hydrogen-bond donors (Lipinski definition) is 1. The highest BCUT2D eigenvalue weighted by Gasteiger charge is 1.98. The number of ether oxygens (including phenoxy) is 2. The first-order valence-electron chi connectivity index (χ1n) is 7.31. The van der Waals surface area contributed by atoms with E-state index in [1.165, 1.54) is 16.7 Å². The highest BCUT2D eigenvalue weighted by Crippen LogP contribution is 2.13. The zero-order valence-electron chi connectivity index (χ0n) is 12.8. The molecule has 2 aromatic rings. The van der Waals surface area contributed by atoms with Gasteiger partial charge in [-0.25, -0.2) is 0 Å². The Morgan fingerprint density at radius 2 is 1.62 bits per heavy atom. The van der Waals surface area contributed by atoms with E-state index in [0.29, 0.717) is 13.2 Å². The molecule has 3 heteroatoms. The zero-order chi connectivity index (χ0) is 14.9. The third-order valence-corrected chi connectivity index (χ3v) is 3.20. The lowest BCUT2D eigenvalue weighted by Crippen LogP contribution is -2.12. The van der Waals surface area contributed by atoms with Gasteiger partial charge in [0, 0.05) is 20.2 Å². The van der Waals surface area contributed by atoms with Crippen molar-refractivity contribution in [2.24, 2.45) is 0 Å². The van der Waals surface area contributed by atoms with Crippen molar-refractivity contribution >= 4 is 0 Å². The largest absolute Gasteiger partial charge is 0.494 e. The minimum Gasteiger partial charge on any atom is -0.494 e. The molecule has 0 saturated carbocycles. The maximum absolute atomic E-state index is 5.51. The van der Waals surface area contributed by atoms with E-state index in [0.717, 1.165) is 18.8 Å². The predicted molar refractivity (Wildman–Crippen MR) is 85.3 cm³/mol. The van der Waals surface area contributed by atoms with Crippen LogP contribution in [0, 0.1) is 0 Å². The molecular formula is C18H23NO2. The van der Waals surface area contributed by atoms with Gasteiger partial charge in [-0.1, -0.05) is 36.4 Å². The third-order valence-electron chi connectivity index (χ3n) is 3.20. The molecule has 0 aliphatic carbocycles. The van der Waals surface area contributed by atoms with E-state index in [2.05, 4.69) is 41.7 Å². The van der Waals surface area contributed by atoms with E-state index in [-0.39, 0.29) is 0 Å². The summed E-state index contributed by atoms with van der Waals surface area (Å²) in [7, 11) is 1.71. The number of hydrogen-bond acceptors (Lipinski definition) is 3. The Hall–Kier alpha value is -1.84. The van der Waals surface area contributed by atoms with E-state index >= 15 is 0 Å². The van der Waals surface area contributed by atoms with Gasteiger partial charge in [0.1, 0.15) is 5.75 Å². The summed E-state index contributed by atoms with van der Waals surface area (Å²) in [6, 6.07) is 16.7. The average Bonchev–Trinajstić information content (AvgIpc) is 2.50. The van der Waals surface area contributed by atoms with Crippen molar-refractivity contribution in [1.82, 2.24) is 5.32 Å². The highest BCUT2D eigenvalue weighted by molar-refractivity contribution is 5.28. The van der Waals surface area contributed by atoms with E-state index in [1.807, 2.05) is 19.1 Å². The molecule has 0 amide bonds. The third kappa shape index (κ3) is 5.21. The van der Waals surface area contributed by atoms with Crippen LogP contribution in [0.25, 0.3) is 0 Å². The van der Waals surface area contributed by atoms with Crippen LogP contribution in [0.5, 0.6) is 5.75 Å². The van der Waals surface area contributed by atoms with E-state index in [1.54, 1.807) is 7.11 Å². The Labute approximate surface area is 126 Å². The van der Waals surface area contributed by atoms with Gasteiger partial charge < -0.3 is 14.8 Å². The van der Waals surface area contributed by atoms with Crippen LogP contribution in [0.1, 0.15) is 23.6 Å². The van der Waals surface area contributed by atoms with Crippen LogP contribution in [0.15, 0.2) is 48.5 Å². The molecule has 112 valence electrons. The molecule has 0 saturated heterocycles. The second kappa shape index (κ2) is 8.45. The summed E-state index contributed by atoms with van der Waals surface area (Å²) in [4.78, 5) is 0. The molecule has 0 atom stereocenters. The summed E-state index contributed by atoms with van der Waals surface area (Å²) in [5.41, 5.74) is 3.71. The van der Waals surface area contributed by atoms with Gasteiger partial charge in [0.15, 0.2) is 0 Å². The normalized spacial score (nSPS) is 10.6. The molecule has 21 heavy (non-hydrogen) atoms. The van der Waals surface area contributed by atoms with Crippen LogP contribution in [0.3, 0.4) is 0 Å². The molecule has 0 bridgehead atoms. The zero-order valence-corrected chi connectivity index (χ0v) is 12.8. The molecule has 0 unspecified atom stereocenters.